The minimum atomic E-state index is -3.88. The zero-order valence-corrected chi connectivity index (χ0v) is 25.5. The Hall–Kier alpha value is -3.08. The molecule has 1 aromatic carbocycles. The normalized spacial score (nSPS) is 34.9. The fourth-order valence-corrected chi connectivity index (χ4v) is 10.1. The van der Waals surface area contributed by atoms with Gasteiger partial charge in [0.1, 0.15) is 10.9 Å². The lowest BCUT2D eigenvalue weighted by molar-refractivity contribution is -0.130. The van der Waals surface area contributed by atoms with Gasteiger partial charge in [0.2, 0.25) is 15.9 Å². The number of ether oxygens (including phenoxy) is 2. The largest absolute Gasteiger partial charge is 0.457 e. The van der Waals surface area contributed by atoms with E-state index < -0.39 is 31.8 Å². The quantitative estimate of drug-likeness (QED) is 0.449. The lowest BCUT2D eigenvalue weighted by atomic mass is 9.68. The number of nitrogens with zero attached hydrogens (tertiary/aromatic N) is 2. The number of aliphatic imine (C=N–C) groups is 1. The number of carbonyl (C=O) groups excluding carboxylic acids is 2. The van der Waals surface area contributed by atoms with Gasteiger partial charge >= 0.3 is 6.09 Å². The van der Waals surface area contributed by atoms with Crippen molar-refractivity contribution in [1.29, 1.82) is 0 Å². The first kappa shape index (κ1) is 29.0. The van der Waals surface area contributed by atoms with Crippen molar-refractivity contribution in [2.45, 2.75) is 88.5 Å². The number of unbranched alkanes of at least 4 members (excludes halogenated alkanes) is 1. The van der Waals surface area contributed by atoms with Gasteiger partial charge < -0.3 is 20.1 Å². The van der Waals surface area contributed by atoms with Gasteiger partial charge in [0.25, 0.3) is 6.02 Å². The van der Waals surface area contributed by atoms with E-state index in [1.807, 2.05) is 30.3 Å². The molecule has 0 spiro atoms. The molecule has 1 saturated heterocycles. The molecule has 1 aromatic rings. The molecular weight excluding hydrogens is 556 g/mol. The smallest absolute Gasteiger partial charge is 0.410 e. The Morgan fingerprint density at radius 3 is 2.60 bits per heavy atom. The third-order valence-corrected chi connectivity index (χ3v) is 12.1. The molecule has 4 unspecified atom stereocenters. The van der Waals surface area contributed by atoms with E-state index in [4.69, 9.17) is 20.2 Å². The summed E-state index contributed by atoms with van der Waals surface area (Å²) in [7, 11) is -3.88. The number of amidine groups is 1. The summed E-state index contributed by atoms with van der Waals surface area (Å²) in [6, 6.07) is 7.56. The second kappa shape index (κ2) is 10.3. The van der Waals surface area contributed by atoms with Crippen molar-refractivity contribution in [1.82, 2.24) is 9.62 Å². The van der Waals surface area contributed by atoms with Crippen molar-refractivity contribution in [2.24, 2.45) is 28.0 Å². The van der Waals surface area contributed by atoms with Crippen molar-refractivity contribution >= 4 is 33.6 Å². The van der Waals surface area contributed by atoms with Crippen LogP contribution < -0.4 is 10.5 Å². The molecule has 5 atom stereocenters. The average Bonchev–Trinajstić information content (AvgIpc) is 3.28. The minimum Gasteiger partial charge on any atom is -0.457 e. The molecule has 2 aliphatic heterocycles. The van der Waals surface area contributed by atoms with Gasteiger partial charge in [0, 0.05) is 13.1 Å². The van der Waals surface area contributed by atoms with E-state index in [1.165, 1.54) is 0 Å². The summed E-state index contributed by atoms with van der Waals surface area (Å²) in [6.07, 6.45) is 8.19. The fraction of sp³-hybridized carbons (Fsp3) is 0.645. The Morgan fingerprint density at radius 1 is 1.19 bits per heavy atom. The number of nitrogens with one attached hydrogen (secondary N) is 1. The molecule has 0 aromatic heterocycles. The van der Waals surface area contributed by atoms with E-state index in [9.17, 15) is 18.0 Å². The molecule has 4 bridgehead atoms. The molecule has 0 radical (unpaired) electrons. The maximum Gasteiger partial charge on any atom is 0.410 e. The first-order chi connectivity index (χ1) is 19.9. The first-order valence-electron chi connectivity index (χ1n) is 15.2. The van der Waals surface area contributed by atoms with Gasteiger partial charge in [-0.05, 0) is 87.3 Å². The summed E-state index contributed by atoms with van der Waals surface area (Å²) in [4.78, 5) is 31.2. The third-order valence-electron chi connectivity index (χ3n) is 10.1. The highest BCUT2D eigenvalue weighted by molar-refractivity contribution is 7.90. The molecule has 7 rings (SSSR count). The number of sulfonamides is 1. The summed E-state index contributed by atoms with van der Waals surface area (Å²) in [5, 5.41) is -0.947. The Labute approximate surface area is 248 Å². The summed E-state index contributed by atoms with van der Waals surface area (Å²) in [5.74, 6) is 0.334. The van der Waals surface area contributed by atoms with Crippen LogP contribution in [0.4, 0.5) is 4.79 Å². The number of carbonyl (C=O) groups is 2. The molecule has 5 fully saturated rings. The van der Waals surface area contributed by atoms with Crippen LogP contribution in [0, 0.1) is 17.3 Å². The van der Waals surface area contributed by atoms with E-state index in [1.54, 1.807) is 18.7 Å². The van der Waals surface area contributed by atoms with Crippen molar-refractivity contribution in [2.75, 3.05) is 19.7 Å². The van der Waals surface area contributed by atoms with Crippen LogP contribution in [0.25, 0.3) is 5.57 Å². The number of benzene rings is 1. The van der Waals surface area contributed by atoms with Gasteiger partial charge in [0.15, 0.2) is 0 Å². The van der Waals surface area contributed by atoms with Crippen molar-refractivity contribution in [3.05, 3.63) is 41.5 Å². The topological polar surface area (TPSA) is 140 Å². The Kier molecular flexibility index (Phi) is 7.10. The molecule has 228 valence electrons. The molecule has 10 nitrogen and oxygen atoms in total. The van der Waals surface area contributed by atoms with Crippen LogP contribution in [-0.2, 0) is 24.3 Å². The SMILES string of the molecule is CCCCOC(=O)N1CC=C(c2ccc([C@@H]3C(C)(C)OC(=NC45CC6CC4CC(C(N)=O)(C6)C5)NS3(=O)=O)cc2)CC1. The molecule has 42 heavy (non-hydrogen) atoms. The highest BCUT2D eigenvalue weighted by Crippen LogP contribution is 2.67. The zero-order valence-electron chi connectivity index (χ0n) is 24.7. The van der Waals surface area contributed by atoms with Crippen LogP contribution in [0.15, 0.2) is 35.3 Å². The van der Waals surface area contributed by atoms with Crippen LogP contribution in [0.1, 0.15) is 88.5 Å². The highest BCUT2D eigenvalue weighted by atomic mass is 32.2. The van der Waals surface area contributed by atoms with E-state index in [2.05, 4.69) is 11.6 Å². The zero-order chi connectivity index (χ0) is 29.9. The van der Waals surface area contributed by atoms with Crippen molar-refractivity contribution in [3.8, 4) is 0 Å². The summed E-state index contributed by atoms with van der Waals surface area (Å²) >= 11 is 0. The molecule has 11 heteroatoms. The summed E-state index contributed by atoms with van der Waals surface area (Å²) in [5.41, 5.74) is 6.44. The van der Waals surface area contributed by atoms with Crippen LogP contribution in [-0.4, -0.2) is 62.2 Å². The predicted molar refractivity (Wildman–Crippen MR) is 159 cm³/mol. The van der Waals surface area contributed by atoms with Crippen LogP contribution in [0.2, 0.25) is 0 Å². The van der Waals surface area contributed by atoms with Gasteiger partial charge in [-0.3, -0.25) is 4.79 Å². The number of hydrogen-bond donors (Lipinski definition) is 2. The fourth-order valence-electron chi connectivity index (χ4n) is 8.39. The number of rotatable bonds is 7. The first-order valence-corrected chi connectivity index (χ1v) is 16.7. The maximum atomic E-state index is 13.7. The lowest BCUT2D eigenvalue weighted by Gasteiger charge is -2.41. The van der Waals surface area contributed by atoms with E-state index in [0.29, 0.717) is 44.0 Å². The summed E-state index contributed by atoms with van der Waals surface area (Å²) < 4.78 is 41.6. The average molecular weight is 599 g/mol. The Morgan fingerprint density at radius 2 is 1.95 bits per heavy atom. The molecule has 4 aliphatic carbocycles. The monoisotopic (exact) mass is 598 g/mol. The highest BCUT2D eigenvalue weighted by Gasteiger charge is 2.67. The van der Waals surface area contributed by atoms with E-state index in [0.717, 1.165) is 49.7 Å². The second-order valence-corrected chi connectivity index (χ2v) is 15.3. The number of amides is 2. The van der Waals surface area contributed by atoms with E-state index >= 15 is 0 Å². The van der Waals surface area contributed by atoms with Gasteiger partial charge in [-0.2, -0.15) is 0 Å². The van der Waals surface area contributed by atoms with Crippen molar-refractivity contribution < 1.29 is 27.5 Å². The number of hydrogen-bond acceptors (Lipinski definition) is 7. The molecule has 6 aliphatic rings. The van der Waals surface area contributed by atoms with Crippen LogP contribution in [0.5, 0.6) is 0 Å². The molecular formula is C31H42N4O6S. The summed E-state index contributed by atoms with van der Waals surface area (Å²) in [6.45, 7) is 7.10. The van der Waals surface area contributed by atoms with Crippen LogP contribution in [0.3, 0.4) is 0 Å². The third kappa shape index (κ3) is 4.97. The van der Waals surface area contributed by atoms with Gasteiger partial charge in [-0.25, -0.2) is 22.9 Å². The molecule has 2 heterocycles. The van der Waals surface area contributed by atoms with Gasteiger partial charge in [-0.1, -0.05) is 43.7 Å². The van der Waals surface area contributed by atoms with Gasteiger partial charge in [-0.15, -0.1) is 0 Å². The maximum absolute atomic E-state index is 13.7. The molecule has 3 N–H and O–H groups in total. The Balaban J connectivity index is 1.17. The minimum absolute atomic E-state index is 0.0193. The van der Waals surface area contributed by atoms with Crippen LogP contribution >= 0.6 is 0 Å². The number of nitrogens with two attached hydrogens (primary N) is 1. The van der Waals surface area contributed by atoms with Crippen molar-refractivity contribution in [3.63, 3.8) is 0 Å². The lowest BCUT2D eigenvalue weighted by Crippen LogP contribution is -2.54. The molecule has 4 saturated carbocycles. The number of primary amides is 1. The van der Waals surface area contributed by atoms with E-state index in [-0.39, 0.29) is 23.9 Å². The predicted octanol–water partition coefficient (Wildman–Crippen LogP) is 4.27. The second-order valence-electron chi connectivity index (χ2n) is 13.5. The standard InChI is InChI=1S/C31H42N4O6S/c1-4-5-14-40-28(37)35-12-10-22(11-13-35)21-6-8-23(9-7-21)25-29(2,3)41-27(34-42(25,38)39)33-31-17-20-15-24(31)18-30(16-20,19-31)26(32)36/h6-10,20,24-25H,4-5,11-19H2,1-3H3,(H2,32,36)(H,33,34)/t20?,24?,25-,30?,31?/m1/s1. The van der Waals surface area contributed by atoms with Gasteiger partial charge in [0.05, 0.1) is 17.6 Å². The molecule has 2 amide bonds. The Bertz CT molecular complexity index is 1440.